The summed E-state index contributed by atoms with van der Waals surface area (Å²) in [6, 6.07) is 8.89. The van der Waals surface area contributed by atoms with Gasteiger partial charge in [-0.1, -0.05) is 6.92 Å². The van der Waals surface area contributed by atoms with Gasteiger partial charge >= 0.3 is 0 Å². The summed E-state index contributed by atoms with van der Waals surface area (Å²) >= 11 is 0. The molecule has 0 aliphatic rings. The van der Waals surface area contributed by atoms with Crippen LogP contribution >= 0.6 is 0 Å². The van der Waals surface area contributed by atoms with Crippen molar-refractivity contribution in [2.45, 2.75) is 19.4 Å². The molecule has 4 nitrogen and oxygen atoms in total. The van der Waals surface area contributed by atoms with Crippen LogP contribution in [-0.4, -0.2) is 13.2 Å². The Hall–Kier alpha value is -2.20. The van der Waals surface area contributed by atoms with E-state index in [0.29, 0.717) is 23.5 Å². The number of benzene rings is 1. The molecule has 1 aromatic rings. The molecule has 0 fully saturated rings. The van der Waals surface area contributed by atoms with Gasteiger partial charge in [0.05, 0.1) is 18.7 Å². The van der Waals surface area contributed by atoms with Gasteiger partial charge in [-0.15, -0.1) is 0 Å². The van der Waals surface area contributed by atoms with Crippen LogP contribution in [0, 0.1) is 22.7 Å². The summed E-state index contributed by atoms with van der Waals surface area (Å²) in [5.41, 5.74) is 0.446. The molecule has 1 aromatic carbocycles. The Morgan fingerprint density at radius 2 is 1.94 bits per heavy atom. The first kappa shape index (κ1) is 11.9. The van der Waals surface area contributed by atoms with Crippen LogP contribution in [0.25, 0.3) is 0 Å². The Bertz CT molecular complexity index is 443. The molecule has 82 valence electrons. The second-order valence-corrected chi connectivity index (χ2v) is 3.15. The van der Waals surface area contributed by atoms with E-state index < -0.39 is 6.10 Å². The van der Waals surface area contributed by atoms with E-state index in [0.717, 1.165) is 0 Å². The minimum Gasteiger partial charge on any atom is -0.497 e. The molecular weight excluding hydrogens is 204 g/mol. The fraction of sp³-hybridized carbons (Fsp3) is 0.333. The maximum atomic E-state index is 8.80. The third-order valence-corrected chi connectivity index (χ3v) is 2.04. The molecular formula is C12H12N2O2. The van der Waals surface area contributed by atoms with Crippen molar-refractivity contribution < 1.29 is 9.47 Å². The van der Waals surface area contributed by atoms with Gasteiger partial charge in [-0.05, 0) is 18.6 Å². The number of hydrogen-bond donors (Lipinski definition) is 0. The Labute approximate surface area is 94.6 Å². The molecule has 0 spiro atoms. The van der Waals surface area contributed by atoms with E-state index in [1.54, 1.807) is 18.2 Å². The fourth-order valence-corrected chi connectivity index (χ4v) is 1.19. The monoisotopic (exact) mass is 216 g/mol. The minimum absolute atomic E-state index is 0.446. The lowest BCUT2D eigenvalue weighted by Gasteiger charge is -2.11. The van der Waals surface area contributed by atoms with E-state index in [1.807, 2.05) is 19.1 Å². The Morgan fingerprint density at radius 3 is 2.44 bits per heavy atom. The summed E-state index contributed by atoms with van der Waals surface area (Å²) in [5, 5.41) is 17.6. The summed E-state index contributed by atoms with van der Waals surface area (Å²) < 4.78 is 10.4. The van der Waals surface area contributed by atoms with Gasteiger partial charge in [0.2, 0.25) is 0 Å². The second kappa shape index (κ2) is 5.63. The first-order valence-electron chi connectivity index (χ1n) is 4.89. The van der Waals surface area contributed by atoms with Crippen LogP contribution in [0.1, 0.15) is 18.9 Å². The van der Waals surface area contributed by atoms with Gasteiger partial charge in [0.15, 0.2) is 6.10 Å². The minimum atomic E-state index is -0.501. The smallest absolute Gasteiger partial charge is 0.184 e. The highest BCUT2D eigenvalue weighted by atomic mass is 16.5. The van der Waals surface area contributed by atoms with Crippen molar-refractivity contribution in [3.05, 3.63) is 23.8 Å². The molecule has 0 aliphatic carbocycles. The van der Waals surface area contributed by atoms with Crippen molar-refractivity contribution in [1.82, 2.24) is 0 Å². The number of rotatable bonds is 4. The SMILES string of the molecule is CCC(C#N)Oc1cc(C#N)cc(OC)c1. The molecule has 0 saturated heterocycles. The molecule has 16 heavy (non-hydrogen) atoms. The molecule has 0 saturated carbocycles. The molecule has 4 heteroatoms. The summed E-state index contributed by atoms with van der Waals surface area (Å²) in [6.07, 6.45) is 0.0916. The summed E-state index contributed by atoms with van der Waals surface area (Å²) in [6.45, 7) is 1.86. The number of methoxy groups -OCH3 is 1. The van der Waals surface area contributed by atoms with Crippen LogP contribution in [0.2, 0.25) is 0 Å². The third-order valence-electron chi connectivity index (χ3n) is 2.04. The lowest BCUT2D eigenvalue weighted by molar-refractivity contribution is 0.250. The van der Waals surface area contributed by atoms with Gasteiger partial charge in [-0.2, -0.15) is 10.5 Å². The van der Waals surface area contributed by atoms with Crippen LogP contribution in [0.4, 0.5) is 0 Å². The van der Waals surface area contributed by atoms with Crippen molar-refractivity contribution in [2.24, 2.45) is 0 Å². The zero-order valence-electron chi connectivity index (χ0n) is 9.23. The summed E-state index contributed by atoms with van der Waals surface area (Å²) in [5.74, 6) is 1.02. The van der Waals surface area contributed by atoms with Crippen molar-refractivity contribution in [3.63, 3.8) is 0 Å². The zero-order valence-corrected chi connectivity index (χ0v) is 9.23. The molecule has 0 heterocycles. The maximum Gasteiger partial charge on any atom is 0.184 e. The van der Waals surface area contributed by atoms with Crippen LogP contribution in [-0.2, 0) is 0 Å². The number of nitriles is 2. The Morgan fingerprint density at radius 1 is 1.25 bits per heavy atom. The van der Waals surface area contributed by atoms with E-state index in [-0.39, 0.29) is 0 Å². The third kappa shape index (κ3) is 2.90. The zero-order chi connectivity index (χ0) is 12.0. The van der Waals surface area contributed by atoms with E-state index in [1.165, 1.54) is 7.11 Å². The second-order valence-electron chi connectivity index (χ2n) is 3.15. The molecule has 1 atom stereocenters. The van der Waals surface area contributed by atoms with Gasteiger partial charge in [0.1, 0.15) is 17.6 Å². The predicted molar refractivity (Wildman–Crippen MR) is 58.0 cm³/mol. The highest BCUT2D eigenvalue weighted by molar-refractivity contribution is 5.44. The summed E-state index contributed by atoms with van der Waals surface area (Å²) in [7, 11) is 1.52. The highest BCUT2D eigenvalue weighted by Gasteiger charge is 2.08. The van der Waals surface area contributed by atoms with Crippen molar-refractivity contribution in [1.29, 1.82) is 10.5 Å². The standard InChI is InChI=1S/C12H12N2O2/c1-3-10(8-14)16-12-5-9(7-13)4-11(6-12)15-2/h4-6,10H,3H2,1-2H3. The Kier molecular flexibility index (Phi) is 4.17. The van der Waals surface area contributed by atoms with E-state index >= 15 is 0 Å². The van der Waals surface area contributed by atoms with E-state index in [2.05, 4.69) is 0 Å². The van der Waals surface area contributed by atoms with Crippen LogP contribution in [0.5, 0.6) is 11.5 Å². The van der Waals surface area contributed by atoms with Gasteiger partial charge in [0, 0.05) is 6.07 Å². The van der Waals surface area contributed by atoms with Gasteiger partial charge < -0.3 is 9.47 Å². The molecule has 1 unspecified atom stereocenters. The van der Waals surface area contributed by atoms with Crippen LogP contribution in [0.15, 0.2) is 18.2 Å². The quantitative estimate of drug-likeness (QED) is 0.774. The molecule has 0 aromatic heterocycles. The van der Waals surface area contributed by atoms with Crippen molar-refractivity contribution in [2.75, 3.05) is 7.11 Å². The normalized spacial score (nSPS) is 11.0. The van der Waals surface area contributed by atoms with Crippen LogP contribution < -0.4 is 9.47 Å². The lowest BCUT2D eigenvalue weighted by atomic mass is 10.2. The highest BCUT2D eigenvalue weighted by Crippen LogP contribution is 2.23. The van der Waals surface area contributed by atoms with Gasteiger partial charge in [0.25, 0.3) is 0 Å². The summed E-state index contributed by atoms with van der Waals surface area (Å²) in [4.78, 5) is 0. The van der Waals surface area contributed by atoms with Crippen molar-refractivity contribution in [3.8, 4) is 23.6 Å². The lowest BCUT2D eigenvalue weighted by Crippen LogP contribution is -2.12. The molecule has 0 amide bonds. The molecule has 0 radical (unpaired) electrons. The number of hydrogen-bond acceptors (Lipinski definition) is 4. The van der Waals surface area contributed by atoms with Gasteiger partial charge in [-0.25, -0.2) is 0 Å². The van der Waals surface area contributed by atoms with E-state index in [9.17, 15) is 0 Å². The predicted octanol–water partition coefficient (Wildman–Crippen LogP) is 2.25. The molecule has 0 aliphatic heterocycles. The first-order valence-corrected chi connectivity index (χ1v) is 4.89. The molecule has 0 N–H and O–H groups in total. The average Bonchev–Trinajstić information content (AvgIpc) is 2.35. The first-order chi connectivity index (χ1) is 7.73. The Balaban J connectivity index is 2.96. The van der Waals surface area contributed by atoms with Gasteiger partial charge in [-0.3, -0.25) is 0 Å². The van der Waals surface area contributed by atoms with E-state index in [4.69, 9.17) is 20.0 Å². The van der Waals surface area contributed by atoms with Crippen molar-refractivity contribution >= 4 is 0 Å². The average molecular weight is 216 g/mol. The molecule has 1 rings (SSSR count). The largest absolute Gasteiger partial charge is 0.497 e. The maximum absolute atomic E-state index is 8.80. The van der Waals surface area contributed by atoms with Crippen LogP contribution in [0.3, 0.4) is 0 Å². The molecule has 0 bridgehead atoms. The fourth-order valence-electron chi connectivity index (χ4n) is 1.19. The number of ether oxygens (including phenoxy) is 2. The number of nitrogens with zero attached hydrogens (tertiary/aromatic N) is 2. The topological polar surface area (TPSA) is 66.0 Å².